The van der Waals surface area contributed by atoms with Crippen LogP contribution in [0.15, 0.2) is 54.9 Å². The Morgan fingerprint density at radius 1 is 1.29 bits per heavy atom. The van der Waals surface area contributed by atoms with Crippen molar-refractivity contribution in [2.45, 2.75) is 0 Å². The number of ether oxygens (including phenoxy) is 2. The highest BCUT2D eigenvalue weighted by Gasteiger charge is 2.52. The highest BCUT2D eigenvalue weighted by atomic mass is 16.5. The van der Waals surface area contributed by atoms with Gasteiger partial charge in [-0.2, -0.15) is 0 Å². The summed E-state index contributed by atoms with van der Waals surface area (Å²) < 4.78 is 11.7. The van der Waals surface area contributed by atoms with Crippen LogP contribution in [0.3, 0.4) is 0 Å². The molecule has 2 fully saturated rings. The molecule has 0 bridgehead atoms. The summed E-state index contributed by atoms with van der Waals surface area (Å²) in [6, 6.07) is 13.2. The molecule has 2 atom stereocenters. The first-order chi connectivity index (χ1) is 11.8. The van der Waals surface area contributed by atoms with E-state index in [0.717, 1.165) is 17.9 Å². The minimum absolute atomic E-state index is 0.0887. The maximum atomic E-state index is 12.7. The van der Waals surface area contributed by atoms with Crippen LogP contribution >= 0.6 is 0 Å². The van der Waals surface area contributed by atoms with Gasteiger partial charge in [-0.05, 0) is 24.3 Å². The van der Waals surface area contributed by atoms with Crippen molar-refractivity contribution < 1.29 is 14.3 Å². The average molecular weight is 324 g/mol. The molecule has 2 aliphatic heterocycles. The Hall–Kier alpha value is -2.40. The summed E-state index contributed by atoms with van der Waals surface area (Å²) >= 11 is 0. The maximum Gasteiger partial charge on any atom is 0.253 e. The molecule has 5 nitrogen and oxygen atoms in total. The Balaban J connectivity index is 1.48. The number of benzene rings is 1. The van der Waals surface area contributed by atoms with Crippen LogP contribution in [0.1, 0.15) is 10.4 Å². The molecule has 0 N–H and O–H groups in total. The first-order valence-corrected chi connectivity index (χ1v) is 8.22. The molecule has 1 aromatic carbocycles. The minimum Gasteiger partial charge on any atom is -0.491 e. The highest BCUT2D eigenvalue weighted by Crippen LogP contribution is 2.42. The Labute approximate surface area is 141 Å². The van der Waals surface area contributed by atoms with E-state index in [0.29, 0.717) is 32.3 Å². The molecule has 0 saturated carbocycles. The lowest BCUT2D eigenvalue weighted by molar-refractivity contribution is 0.0659. The number of carbonyl (C=O) groups is 1. The second kappa shape index (κ2) is 6.24. The molecule has 4 rings (SSSR count). The van der Waals surface area contributed by atoms with Crippen molar-refractivity contribution in [2.24, 2.45) is 11.3 Å². The van der Waals surface area contributed by atoms with E-state index in [9.17, 15) is 4.79 Å². The van der Waals surface area contributed by atoms with Gasteiger partial charge in [0.15, 0.2) is 0 Å². The molecule has 2 saturated heterocycles. The SMILES string of the molecule is O=C(c1ccccc1)N1C[C@@H]2COC[C@]2(COc2cccnc2)C1. The van der Waals surface area contributed by atoms with Crippen LogP contribution in [0.4, 0.5) is 0 Å². The lowest BCUT2D eigenvalue weighted by Gasteiger charge is -2.27. The number of hydrogen-bond acceptors (Lipinski definition) is 4. The fourth-order valence-electron chi connectivity index (χ4n) is 3.61. The van der Waals surface area contributed by atoms with E-state index < -0.39 is 0 Å². The molecule has 5 heteroatoms. The maximum absolute atomic E-state index is 12.7. The van der Waals surface area contributed by atoms with Gasteiger partial charge >= 0.3 is 0 Å². The van der Waals surface area contributed by atoms with Gasteiger partial charge in [0.1, 0.15) is 5.75 Å². The molecule has 0 radical (unpaired) electrons. The van der Waals surface area contributed by atoms with Crippen molar-refractivity contribution in [3.8, 4) is 5.75 Å². The zero-order valence-electron chi connectivity index (χ0n) is 13.4. The predicted octanol–water partition coefficient (Wildman–Crippen LogP) is 2.25. The van der Waals surface area contributed by atoms with Gasteiger partial charge in [0.05, 0.1) is 31.4 Å². The zero-order valence-corrected chi connectivity index (χ0v) is 13.4. The number of aromatic nitrogens is 1. The molecule has 24 heavy (non-hydrogen) atoms. The number of hydrogen-bond donors (Lipinski definition) is 0. The second-order valence-electron chi connectivity index (χ2n) is 6.60. The summed E-state index contributed by atoms with van der Waals surface area (Å²) in [5.74, 6) is 1.16. The number of amides is 1. The van der Waals surface area contributed by atoms with E-state index in [-0.39, 0.29) is 11.3 Å². The van der Waals surface area contributed by atoms with Gasteiger partial charge < -0.3 is 14.4 Å². The average Bonchev–Trinajstić information content (AvgIpc) is 3.18. The summed E-state index contributed by atoms with van der Waals surface area (Å²) in [5.41, 5.74) is 0.613. The lowest BCUT2D eigenvalue weighted by Crippen LogP contribution is -2.38. The van der Waals surface area contributed by atoms with Crippen LogP contribution in [-0.2, 0) is 4.74 Å². The summed E-state index contributed by atoms with van der Waals surface area (Å²) in [7, 11) is 0. The molecule has 2 aromatic rings. The first kappa shape index (κ1) is 15.1. The zero-order chi connectivity index (χ0) is 16.4. The van der Waals surface area contributed by atoms with Crippen molar-refractivity contribution in [3.63, 3.8) is 0 Å². The van der Waals surface area contributed by atoms with Crippen molar-refractivity contribution >= 4 is 5.91 Å². The Kier molecular flexibility index (Phi) is 3.94. The van der Waals surface area contributed by atoms with Gasteiger partial charge in [0.25, 0.3) is 5.91 Å². The van der Waals surface area contributed by atoms with Crippen LogP contribution in [0, 0.1) is 11.3 Å². The smallest absolute Gasteiger partial charge is 0.253 e. The summed E-state index contributed by atoms with van der Waals surface area (Å²) in [6.45, 7) is 3.27. The van der Waals surface area contributed by atoms with Gasteiger partial charge in [-0.3, -0.25) is 9.78 Å². The lowest BCUT2D eigenvalue weighted by atomic mass is 9.82. The minimum atomic E-state index is -0.125. The number of pyridine rings is 1. The third-order valence-corrected chi connectivity index (χ3v) is 4.99. The van der Waals surface area contributed by atoms with Gasteiger partial charge in [-0.25, -0.2) is 0 Å². The van der Waals surface area contributed by atoms with Crippen LogP contribution in [0.5, 0.6) is 5.75 Å². The van der Waals surface area contributed by atoms with E-state index in [1.165, 1.54) is 0 Å². The number of likely N-dealkylation sites (tertiary alicyclic amines) is 1. The van der Waals surface area contributed by atoms with E-state index in [4.69, 9.17) is 9.47 Å². The predicted molar refractivity (Wildman–Crippen MR) is 88.8 cm³/mol. The van der Waals surface area contributed by atoms with E-state index in [1.807, 2.05) is 47.4 Å². The van der Waals surface area contributed by atoms with Crippen LogP contribution in [0.2, 0.25) is 0 Å². The molecule has 0 unspecified atom stereocenters. The van der Waals surface area contributed by atoms with Gasteiger partial charge in [-0.15, -0.1) is 0 Å². The monoisotopic (exact) mass is 324 g/mol. The van der Waals surface area contributed by atoms with Gasteiger partial charge in [0.2, 0.25) is 0 Å². The third kappa shape index (κ3) is 2.76. The van der Waals surface area contributed by atoms with Gasteiger partial charge in [0, 0.05) is 30.8 Å². The quantitative estimate of drug-likeness (QED) is 0.865. The fourth-order valence-corrected chi connectivity index (χ4v) is 3.61. The molecular weight excluding hydrogens is 304 g/mol. The third-order valence-electron chi connectivity index (χ3n) is 4.99. The topological polar surface area (TPSA) is 51.7 Å². The van der Waals surface area contributed by atoms with Crippen molar-refractivity contribution in [2.75, 3.05) is 32.9 Å². The molecule has 1 aromatic heterocycles. The van der Waals surface area contributed by atoms with Crippen LogP contribution in [0.25, 0.3) is 0 Å². The summed E-state index contributed by atoms with van der Waals surface area (Å²) in [4.78, 5) is 18.7. The summed E-state index contributed by atoms with van der Waals surface area (Å²) in [6.07, 6.45) is 3.44. The highest BCUT2D eigenvalue weighted by molar-refractivity contribution is 5.94. The van der Waals surface area contributed by atoms with Crippen LogP contribution in [-0.4, -0.2) is 48.7 Å². The molecule has 3 heterocycles. The van der Waals surface area contributed by atoms with Gasteiger partial charge in [-0.1, -0.05) is 18.2 Å². The molecule has 0 spiro atoms. The molecule has 1 amide bonds. The largest absolute Gasteiger partial charge is 0.491 e. The molecule has 0 aliphatic carbocycles. The molecule has 2 aliphatic rings. The Bertz CT molecular complexity index is 707. The Morgan fingerprint density at radius 2 is 2.17 bits per heavy atom. The van der Waals surface area contributed by atoms with Crippen molar-refractivity contribution in [1.82, 2.24) is 9.88 Å². The molecular formula is C19H20N2O3. The van der Waals surface area contributed by atoms with Crippen LogP contribution < -0.4 is 4.74 Å². The van der Waals surface area contributed by atoms with Crippen molar-refractivity contribution in [3.05, 3.63) is 60.4 Å². The standard InChI is InChI=1S/C19H20N2O3/c22-18(15-5-2-1-3-6-15)21-10-16-11-23-13-19(16,12-21)14-24-17-7-4-8-20-9-17/h1-9,16H,10-14H2/t16-,19+/m1/s1. The molecule has 124 valence electrons. The first-order valence-electron chi connectivity index (χ1n) is 8.22. The summed E-state index contributed by atoms with van der Waals surface area (Å²) in [5, 5.41) is 0. The number of fused-ring (bicyclic) bond motifs is 1. The van der Waals surface area contributed by atoms with E-state index in [1.54, 1.807) is 12.4 Å². The number of carbonyl (C=O) groups excluding carboxylic acids is 1. The number of nitrogens with zero attached hydrogens (tertiary/aromatic N) is 2. The fraction of sp³-hybridized carbons (Fsp3) is 0.368. The Morgan fingerprint density at radius 3 is 2.96 bits per heavy atom. The van der Waals surface area contributed by atoms with Crippen molar-refractivity contribution in [1.29, 1.82) is 0 Å². The normalized spacial score (nSPS) is 25.5. The second-order valence-corrected chi connectivity index (χ2v) is 6.60. The number of rotatable bonds is 4. The van der Waals surface area contributed by atoms with E-state index in [2.05, 4.69) is 4.98 Å². The van der Waals surface area contributed by atoms with E-state index >= 15 is 0 Å².